The van der Waals surface area contributed by atoms with Crippen LogP contribution in [0.15, 0.2) is 18.3 Å². The molecule has 4 heterocycles. The van der Waals surface area contributed by atoms with E-state index >= 15 is 0 Å². The molecule has 0 radical (unpaired) electrons. The largest absolute Gasteiger partial charge is 0.315 e. The number of nitrogens with zero attached hydrogens (tertiary/aromatic N) is 5. The van der Waals surface area contributed by atoms with Crippen molar-refractivity contribution in [2.75, 3.05) is 13.1 Å². The number of aryl methyl sites for hydroxylation is 2. The van der Waals surface area contributed by atoms with Crippen LogP contribution in [0.1, 0.15) is 55.0 Å². The molecule has 2 aliphatic heterocycles. The van der Waals surface area contributed by atoms with E-state index in [1.165, 1.54) is 42.2 Å². The molecule has 23 heavy (non-hydrogen) atoms. The highest BCUT2D eigenvalue weighted by atomic mass is 15.3. The standard InChI is InChI=1S/C18H25N5/c1-2-14-7-8-16(19-11-14)13-22-9-3-5-15(12-22)18-21-20-17-6-4-10-23(17)18/h7-8,11,15H,2-6,9-10,12-13H2,1H3/t15-/m1/s1. The number of hydrogen-bond acceptors (Lipinski definition) is 4. The Labute approximate surface area is 137 Å². The summed E-state index contributed by atoms with van der Waals surface area (Å²) in [5.41, 5.74) is 2.48. The van der Waals surface area contributed by atoms with Gasteiger partial charge in [0.05, 0.1) is 5.69 Å². The van der Waals surface area contributed by atoms with Gasteiger partial charge in [-0.05, 0) is 43.9 Å². The van der Waals surface area contributed by atoms with E-state index in [9.17, 15) is 0 Å². The second-order valence-corrected chi connectivity index (χ2v) is 6.82. The van der Waals surface area contributed by atoms with Crippen molar-refractivity contribution in [3.05, 3.63) is 41.2 Å². The number of fused-ring (bicyclic) bond motifs is 1. The van der Waals surface area contributed by atoms with E-state index in [2.05, 4.69) is 43.7 Å². The van der Waals surface area contributed by atoms with E-state index in [1.54, 1.807) is 0 Å². The zero-order valence-electron chi connectivity index (χ0n) is 13.9. The Kier molecular flexibility index (Phi) is 4.12. The number of likely N-dealkylation sites (tertiary alicyclic amines) is 1. The maximum absolute atomic E-state index is 4.61. The lowest BCUT2D eigenvalue weighted by atomic mass is 9.97. The normalized spacial score (nSPS) is 21.5. The van der Waals surface area contributed by atoms with Crippen LogP contribution in [-0.4, -0.2) is 37.7 Å². The molecule has 0 saturated carbocycles. The first-order valence-electron chi connectivity index (χ1n) is 8.91. The van der Waals surface area contributed by atoms with Crippen molar-refractivity contribution in [2.45, 2.75) is 58.0 Å². The lowest BCUT2D eigenvalue weighted by Crippen LogP contribution is -2.35. The summed E-state index contributed by atoms with van der Waals surface area (Å²) in [5, 5.41) is 8.88. The molecule has 0 N–H and O–H groups in total. The monoisotopic (exact) mass is 311 g/mol. The van der Waals surface area contributed by atoms with Gasteiger partial charge in [-0.15, -0.1) is 10.2 Å². The molecule has 0 amide bonds. The Balaban J connectivity index is 1.44. The number of pyridine rings is 1. The van der Waals surface area contributed by atoms with Gasteiger partial charge in [-0.1, -0.05) is 13.0 Å². The van der Waals surface area contributed by atoms with Gasteiger partial charge in [-0.3, -0.25) is 9.88 Å². The van der Waals surface area contributed by atoms with Crippen molar-refractivity contribution in [1.29, 1.82) is 0 Å². The highest BCUT2D eigenvalue weighted by molar-refractivity contribution is 5.14. The van der Waals surface area contributed by atoms with Crippen LogP contribution in [0, 0.1) is 0 Å². The van der Waals surface area contributed by atoms with E-state index in [0.29, 0.717) is 5.92 Å². The van der Waals surface area contributed by atoms with Crippen molar-refractivity contribution in [3.63, 3.8) is 0 Å². The van der Waals surface area contributed by atoms with Crippen LogP contribution in [0.2, 0.25) is 0 Å². The van der Waals surface area contributed by atoms with E-state index in [-0.39, 0.29) is 0 Å². The molecule has 0 spiro atoms. The first kappa shape index (κ1) is 14.8. The lowest BCUT2D eigenvalue weighted by molar-refractivity contribution is 0.192. The molecule has 0 unspecified atom stereocenters. The second kappa shape index (κ2) is 6.40. The van der Waals surface area contributed by atoms with Crippen molar-refractivity contribution in [1.82, 2.24) is 24.6 Å². The fourth-order valence-electron chi connectivity index (χ4n) is 3.87. The second-order valence-electron chi connectivity index (χ2n) is 6.82. The van der Waals surface area contributed by atoms with Gasteiger partial charge >= 0.3 is 0 Å². The molecule has 0 bridgehead atoms. The van der Waals surface area contributed by atoms with E-state index in [0.717, 1.165) is 39.0 Å². The SMILES string of the molecule is CCc1ccc(CN2CCC[C@@H](c3nnc4n3CCC4)C2)nc1. The van der Waals surface area contributed by atoms with Crippen LogP contribution in [-0.2, 0) is 25.9 Å². The third-order valence-electron chi connectivity index (χ3n) is 5.19. The summed E-state index contributed by atoms with van der Waals surface area (Å²) in [7, 11) is 0. The average Bonchev–Trinajstić information content (AvgIpc) is 3.19. The Morgan fingerprint density at radius 3 is 2.96 bits per heavy atom. The zero-order valence-corrected chi connectivity index (χ0v) is 13.9. The first-order valence-corrected chi connectivity index (χ1v) is 8.91. The van der Waals surface area contributed by atoms with Gasteiger partial charge in [0.1, 0.15) is 11.6 Å². The fourth-order valence-corrected chi connectivity index (χ4v) is 3.87. The predicted octanol–water partition coefficient (Wildman–Crippen LogP) is 2.56. The summed E-state index contributed by atoms with van der Waals surface area (Å²) >= 11 is 0. The molecule has 5 nitrogen and oxygen atoms in total. The summed E-state index contributed by atoms with van der Waals surface area (Å²) in [6.07, 6.45) is 7.86. The van der Waals surface area contributed by atoms with E-state index in [1.807, 2.05) is 6.20 Å². The first-order chi connectivity index (χ1) is 11.3. The van der Waals surface area contributed by atoms with Crippen molar-refractivity contribution in [2.24, 2.45) is 0 Å². The highest BCUT2D eigenvalue weighted by Crippen LogP contribution is 2.28. The summed E-state index contributed by atoms with van der Waals surface area (Å²) < 4.78 is 2.36. The smallest absolute Gasteiger partial charge is 0.137 e. The third kappa shape index (κ3) is 3.02. The molecule has 122 valence electrons. The summed E-state index contributed by atoms with van der Waals surface area (Å²) in [6, 6.07) is 4.38. The Bertz CT molecular complexity index is 661. The number of hydrogen-bond donors (Lipinski definition) is 0. The number of aromatic nitrogens is 4. The lowest BCUT2D eigenvalue weighted by Gasteiger charge is -2.32. The van der Waals surface area contributed by atoms with Crippen molar-refractivity contribution >= 4 is 0 Å². The van der Waals surface area contributed by atoms with Crippen LogP contribution >= 0.6 is 0 Å². The van der Waals surface area contributed by atoms with Gasteiger partial charge in [0.15, 0.2) is 0 Å². The quantitative estimate of drug-likeness (QED) is 0.870. The number of piperidine rings is 1. The maximum atomic E-state index is 4.61. The molecule has 1 atom stereocenters. The van der Waals surface area contributed by atoms with Gasteiger partial charge < -0.3 is 4.57 Å². The summed E-state index contributed by atoms with van der Waals surface area (Å²) in [6.45, 7) is 6.46. The third-order valence-corrected chi connectivity index (χ3v) is 5.19. The molecule has 1 fully saturated rings. The minimum Gasteiger partial charge on any atom is -0.315 e. The molecule has 1 saturated heterocycles. The van der Waals surface area contributed by atoms with Crippen LogP contribution in [0.3, 0.4) is 0 Å². The van der Waals surface area contributed by atoms with Gasteiger partial charge in [0.25, 0.3) is 0 Å². The Morgan fingerprint density at radius 2 is 2.13 bits per heavy atom. The van der Waals surface area contributed by atoms with E-state index in [4.69, 9.17) is 0 Å². The van der Waals surface area contributed by atoms with E-state index < -0.39 is 0 Å². The molecule has 5 heteroatoms. The van der Waals surface area contributed by atoms with Gasteiger partial charge in [-0.2, -0.15) is 0 Å². The molecular formula is C18H25N5. The fraction of sp³-hybridized carbons (Fsp3) is 0.611. The Hall–Kier alpha value is -1.75. The predicted molar refractivity (Wildman–Crippen MR) is 89.2 cm³/mol. The molecular weight excluding hydrogens is 286 g/mol. The molecule has 0 aromatic carbocycles. The van der Waals surface area contributed by atoms with Crippen LogP contribution in [0.25, 0.3) is 0 Å². The number of rotatable bonds is 4. The maximum Gasteiger partial charge on any atom is 0.137 e. The van der Waals surface area contributed by atoms with Crippen molar-refractivity contribution < 1.29 is 0 Å². The van der Waals surface area contributed by atoms with Crippen molar-refractivity contribution in [3.8, 4) is 0 Å². The van der Waals surface area contributed by atoms with Gasteiger partial charge in [0.2, 0.25) is 0 Å². The van der Waals surface area contributed by atoms with Crippen LogP contribution < -0.4 is 0 Å². The summed E-state index contributed by atoms with van der Waals surface area (Å²) in [4.78, 5) is 7.14. The molecule has 2 aromatic rings. The minimum absolute atomic E-state index is 0.526. The topological polar surface area (TPSA) is 46.8 Å². The molecule has 0 aliphatic carbocycles. The molecule has 2 aliphatic rings. The van der Waals surface area contributed by atoms with Gasteiger partial charge in [0, 0.05) is 38.2 Å². The van der Waals surface area contributed by atoms with Gasteiger partial charge in [-0.25, -0.2) is 0 Å². The zero-order chi connectivity index (χ0) is 15.6. The van der Waals surface area contributed by atoms with Crippen LogP contribution in [0.4, 0.5) is 0 Å². The molecule has 4 rings (SSSR count). The highest BCUT2D eigenvalue weighted by Gasteiger charge is 2.28. The average molecular weight is 311 g/mol. The van der Waals surface area contributed by atoms with Crippen LogP contribution in [0.5, 0.6) is 0 Å². The molecule has 2 aromatic heterocycles. The minimum atomic E-state index is 0.526. The summed E-state index contributed by atoms with van der Waals surface area (Å²) in [5.74, 6) is 2.93. The Morgan fingerprint density at radius 1 is 1.17 bits per heavy atom.